The van der Waals surface area contributed by atoms with Gasteiger partial charge in [-0.25, -0.2) is 4.68 Å². The van der Waals surface area contributed by atoms with E-state index in [-0.39, 0.29) is 0 Å². The van der Waals surface area contributed by atoms with E-state index in [1.807, 2.05) is 54.6 Å². The molecule has 134 valence electrons. The first-order valence-electron chi connectivity index (χ1n) is 8.61. The Labute approximate surface area is 157 Å². The molecule has 0 spiro atoms. The molecular formula is C21H19N5O. The number of methoxy groups -OCH3 is 1. The molecule has 0 amide bonds. The Balaban J connectivity index is 1.65. The molecular weight excluding hydrogens is 338 g/mol. The largest absolute Gasteiger partial charge is 0.497 e. The van der Waals surface area contributed by atoms with E-state index >= 15 is 0 Å². The molecule has 4 rings (SSSR count). The highest BCUT2D eigenvalue weighted by Crippen LogP contribution is 2.32. The molecule has 6 heteroatoms. The van der Waals surface area contributed by atoms with E-state index in [2.05, 4.69) is 16.1 Å². The smallest absolute Gasteiger partial charge is 0.134 e. The molecule has 0 atom stereocenters. The highest BCUT2D eigenvalue weighted by Gasteiger charge is 2.26. The summed E-state index contributed by atoms with van der Waals surface area (Å²) in [5, 5.41) is 14.1. The van der Waals surface area contributed by atoms with Crippen molar-refractivity contribution in [2.45, 2.75) is 0 Å². The van der Waals surface area contributed by atoms with Crippen LogP contribution in [0.5, 0.6) is 5.75 Å². The van der Waals surface area contributed by atoms with Crippen molar-refractivity contribution in [3.8, 4) is 22.9 Å². The van der Waals surface area contributed by atoms with Gasteiger partial charge >= 0.3 is 0 Å². The molecule has 2 N–H and O–H groups in total. The van der Waals surface area contributed by atoms with E-state index in [1.165, 1.54) is 0 Å². The van der Waals surface area contributed by atoms with Crippen molar-refractivity contribution >= 4 is 17.2 Å². The van der Waals surface area contributed by atoms with Crippen molar-refractivity contribution in [1.29, 1.82) is 5.26 Å². The molecule has 0 radical (unpaired) electrons. The van der Waals surface area contributed by atoms with Crippen LogP contribution >= 0.6 is 0 Å². The maximum Gasteiger partial charge on any atom is 0.134 e. The van der Waals surface area contributed by atoms with Gasteiger partial charge < -0.3 is 15.4 Å². The van der Waals surface area contributed by atoms with Crippen LogP contribution in [0.4, 0.5) is 11.5 Å². The number of anilines is 2. The van der Waals surface area contributed by atoms with Crippen molar-refractivity contribution in [2.24, 2.45) is 0 Å². The molecule has 1 aromatic heterocycles. The molecule has 0 saturated heterocycles. The van der Waals surface area contributed by atoms with Crippen LogP contribution in [0.3, 0.4) is 0 Å². The van der Waals surface area contributed by atoms with Crippen molar-refractivity contribution < 1.29 is 4.74 Å². The van der Waals surface area contributed by atoms with Crippen LogP contribution in [0.1, 0.15) is 0 Å². The van der Waals surface area contributed by atoms with E-state index < -0.39 is 0 Å². The number of ether oxygens (including phenoxy) is 1. The van der Waals surface area contributed by atoms with Crippen LogP contribution < -0.4 is 15.4 Å². The molecule has 6 nitrogen and oxygen atoms in total. The lowest BCUT2D eigenvalue weighted by atomic mass is 10.1. The molecule has 3 aromatic rings. The summed E-state index contributed by atoms with van der Waals surface area (Å²) in [6.45, 7) is 1.09. The average Bonchev–Trinajstić information content (AvgIpc) is 3.32. The topological polar surface area (TPSA) is 80.1 Å². The number of benzene rings is 2. The number of hydrogen-bond donors (Lipinski definition) is 1. The monoisotopic (exact) mass is 357 g/mol. The number of hydrogen-bond acceptors (Lipinski definition) is 5. The fraction of sp³-hybridized carbons (Fsp3) is 0.143. The third-order valence-corrected chi connectivity index (χ3v) is 4.76. The van der Waals surface area contributed by atoms with Crippen LogP contribution in [-0.2, 0) is 0 Å². The first kappa shape index (κ1) is 16.7. The highest BCUT2D eigenvalue weighted by atomic mass is 16.5. The zero-order valence-electron chi connectivity index (χ0n) is 15.0. The van der Waals surface area contributed by atoms with Gasteiger partial charge in [-0.15, -0.1) is 0 Å². The van der Waals surface area contributed by atoms with E-state index in [1.54, 1.807) is 18.0 Å². The predicted molar refractivity (Wildman–Crippen MR) is 106 cm³/mol. The Bertz CT molecular complexity index is 1030. The van der Waals surface area contributed by atoms with E-state index in [0.29, 0.717) is 24.5 Å². The van der Waals surface area contributed by atoms with Crippen LogP contribution in [0.15, 0.2) is 66.4 Å². The fourth-order valence-corrected chi connectivity index (χ4v) is 3.30. The van der Waals surface area contributed by atoms with Gasteiger partial charge in [-0.2, -0.15) is 10.4 Å². The van der Waals surface area contributed by atoms with Crippen molar-refractivity contribution in [2.75, 3.05) is 30.8 Å². The second-order valence-electron chi connectivity index (χ2n) is 6.31. The van der Waals surface area contributed by atoms with Crippen molar-refractivity contribution in [1.82, 2.24) is 9.78 Å². The van der Waals surface area contributed by atoms with Crippen molar-refractivity contribution in [3.63, 3.8) is 0 Å². The Hall–Kier alpha value is -3.72. The Kier molecular flexibility index (Phi) is 4.27. The van der Waals surface area contributed by atoms with E-state index in [0.717, 1.165) is 28.3 Å². The number of nitrogens with two attached hydrogens (primary N) is 1. The normalized spacial score (nSPS) is 13.7. The predicted octanol–water partition coefficient (Wildman–Crippen LogP) is 3.40. The van der Waals surface area contributed by atoms with Crippen LogP contribution in [-0.4, -0.2) is 30.0 Å². The minimum atomic E-state index is 0.526. The van der Waals surface area contributed by atoms with Gasteiger partial charge in [-0.3, -0.25) is 0 Å². The summed E-state index contributed by atoms with van der Waals surface area (Å²) in [7, 11) is 1.64. The third kappa shape index (κ3) is 3.00. The zero-order chi connectivity index (χ0) is 18.8. The van der Waals surface area contributed by atoms with Gasteiger partial charge in [-0.1, -0.05) is 30.3 Å². The van der Waals surface area contributed by atoms with Crippen LogP contribution in [0, 0.1) is 11.3 Å². The first-order chi connectivity index (χ1) is 13.2. The first-order valence-corrected chi connectivity index (χ1v) is 8.61. The van der Waals surface area contributed by atoms with Gasteiger partial charge in [0.25, 0.3) is 0 Å². The summed E-state index contributed by atoms with van der Waals surface area (Å²) in [4.78, 5) is 2.12. The Morgan fingerprint density at radius 2 is 1.81 bits per heavy atom. The maximum absolute atomic E-state index is 9.62. The number of aromatic nitrogens is 2. The van der Waals surface area contributed by atoms with Gasteiger partial charge in [-0.05, 0) is 29.8 Å². The Morgan fingerprint density at radius 3 is 2.48 bits per heavy atom. The quantitative estimate of drug-likeness (QED) is 0.774. The summed E-state index contributed by atoms with van der Waals surface area (Å²) in [5.41, 5.74) is 10.7. The lowest BCUT2D eigenvalue weighted by Crippen LogP contribution is -2.21. The number of rotatable bonds is 4. The summed E-state index contributed by atoms with van der Waals surface area (Å²) >= 11 is 0. The molecule has 0 fully saturated rings. The van der Waals surface area contributed by atoms with Gasteiger partial charge in [0.15, 0.2) is 0 Å². The highest BCUT2D eigenvalue weighted by molar-refractivity contribution is 5.79. The lowest BCUT2D eigenvalue weighted by molar-refractivity contribution is 0.415. The molecule has 0 unspecified atom stereocenters. The molecule has 0 aliphatic carbocycles. The van der Waals surface area contributed by atoms with E-state index in [4.69, 9.17) is 10.5 Å². The van der Waals surface area contributed by atoms with Gasteiger partial charge in [0, 0.05) is 11.3 Å². The minimum absolute atomic E-state index is 0.526. The van der Waals surface area contributed by atoms with E-state index in [9.17, 15) is 5.26 Å². The molecule has 0 bridgehead atoms. The maximum atomic E-state index is 9.62. The van der Waals surface area contributed by atoms with Gasteiger partial charge in [0.1, 0.15) is 11.6 Å². The van der Waals surface area contributed by atoms with Crippen LogP contribution in [0.25, 0.3) is 16.8 Å². The lowest BCUT2D eigenvalue weighted by Gasteiger charge is -2.19. The number of nitrogens with zero attached hydrogens (tertiary/aromatic N) is 4. The molecule has 0 saturated carbocycles. The van der Waals surface area contributed by atoms with Gasteiger partial charge in [0.2, 0.25) is 0 Å². The number of nitrogen functional groups attached to an aromatic ring is 1. The molecule has 1 aliphatic rings. The summed E-state index contributed by atoms with van der Waals surface area (Å²) < 4.78 is 6.90. The Morgan fingerprint density at radius 1 is 1.07 bits per heavy atom. The fourth-order valence-electron chi connectivity index (χ4n) is 3.30. The summed E-state index contributed by atoms with van der Waals surface area (Å²) in [6.07, 6.45) is 1.75. The third-order valence-electron chi connectivity index (χ3n) is 4.76. The second kappa shape index (κ2) is 6.89. The SMILES string of the molecule is COc1ccc(N2CC(C#N)=C(n3ncc(-c4ccccc4)c3N)C2)cc1. The summed E-state index contributed by atoms with van der Waals surface area (Å²) in [6, 6.07) is 20.0. The number of nitriles is 1. The molecule has 1 aliphatic heterocycles. The average molecular weight is 357 g/mol. The van der Waals surface area contributed by atoms with Crippen LogP contribution in [0.2, 0.25) is 0 Å². The molecule has 2 heterocycles. The summed E-state index contributed by atoms with van der Waals surface area (Å²) in [5.74, 6) is 1.34. The minimum Gasteiger partial charge on any atom is -0.497 e. The van der Waals surface area contributed by atoms with Gasteiger partial charge in [0.05, 0.1) is 43.7 Å². The standard InChI is InChI=1S/C21H19N5O/c1-27-18-9-7-17(8-10-18)25-13-16(11-22)20(14-25)26-21(23)19(12-24-26)15-5-3-2-4-6-15/h2-10,12H,13-14,23H2,1H3. The zero-order valence-corrected chi connectivity index (χ0v) is 15.0. The molecule has 27 heavy (non-hydrogen) atoms. The van der Waals surface area contributed by atoms with Crippen molar-refractivity contribution in [3.05, 3.63) is 66.4 Å². The second-order valence-corrected chi connectivity index (χ2v) is 6.31. The molecule has 2 aromatic carbocycles.